The van der Waals surface area contributed by atoms with Gasteiger partial charge in [0.15, 0.2) is 0 Å². The molecule has 0 spiro atoms. The van der Waals surface area contributed by atoms with Gasteiger partial charge in [-0.15, -0.1) is 0 Å². The van der Waals surface area contributed by atoms with E-state index in [4.69, 9.17) is 14.9 Å². The van der Waals surface area contributed by atoms with Gasteiger partial charge in [0, 0.05) is 19.3 Å². The maximum Gasteiger partial charge on any atom is 0.259 e. The average Bonchev–Trinajstić information content (AvgIpc) is 3.23. The summed E-state index contributed by atoms with van der Waals surface area (Å²) in [4.78, 5) is 26.4. The van der Waals surface area contributed by atoms with Gasteiger partial charge in [0.05, 0.1) is 36.2 Å². The summed E-state index contributed by atoms with van der Waals surface area (Å²) in [6.45, 7) is 5.37. The second-order valence-corrected chi connectivity index (χ2v) is 6.44. The molecule has 3 heterocycles. The molecule has 3 rings (SSSR count). The van der Waals surface area contributed by atoms with Crippen molar-refractivity contribution in [2.45, 2.75) is 39.1 Å². The first-order chi connectivity index (χ1) is 12.4. The summed E-state index contributed by atoms with van der Waals surface area (Å²) in [6.07, 6.45) is 4.51. The lowest BCUT2D eigenvalue weighted by molar-refractivity contribution is -0.144. The number of nitrogens with two attached hydrogens (primary N) is 1. The molecule has 0 saturated carbocycles. The van der Waals surface area contributed by atoms with Crippen molar-refractivity contribution in [1.82, 2.24) is 14.7 Å². The van der Waals surface area contributed by atoms with E-state index in [-0.39, 0.29) is 37.1 Å². The second kappa shape index (κ2) is 7.71. The molecule has 2 aromatic rings. The van der Waals surface area contributed by atoms with Crippen LogP contribution < -0.4 is 11.1 Å². The van der Waals surface area contributed by atoms with Crippen molar-refractivity contribution in [2.75, 3.05) is 18.4 Å². The molecule has 1 fully saturated rings. The van der Waals surface area contributed by atoms with Gasteiger partial charge in [-0.3, -0.25) is 14.3 Å². The molecule has 1 aliphatic rings. The first-order valence-corrected chi connectivity index (χ1v) is 8.49. The number of morpholine rings is 1. The van der Waals surface area contributed by atoms with Crippen LogP contribution in [0.25, 0.3) is 0 Å². The molecule has 9 nitrogen and oxygen atoms in total. The number of anilines is 1. The molecule has 0 bridgehead atoms. The molecule has 26 heavy (non-hydrogen) atoms. The Balaban J connectivity index is 1.57. The van der Waals surface area contributed by atoms with Crippen LogP contribution in [0.5, 0.6) is 0 Å². The number of furan rings is 1. The standard InChI is InChI=1S/C17H23N5O4/c1-11-6-21(7-12(2)26-11)16(23)9-22-8-14(5-19-22)20-17(24)13-3-15(4-18)25-10-13/h3,5,8,10-12H,4,6-7,9,18H2,1-2H3,(H,20,24). The van der Waals surface area contributed by atoms with Gasteiger partial charge in [-0.25, -0.2) is 0 Å². The molecule has 1 saturated heterocycles. The van der Waals surface area contributed by atoms with Gasteiger partial charge in [0.2, 0.25) is 5.91 Å². The number of hydrogen-bond donors (Lipinski definition) is 2. The van der Waals surface area contributed by atoms with Crippen molar-refractivity contribution in [1.29, 1.82) is 0 Å². The highest BCUT2D eigenvalue weighted by atomic mass is 16.5. The van der Waals surface area contributed by atoms with Crippen LogP contribution in [0.3, 0.4) is 0 Å². The Morgan fingerprint density at radius 1 is 1.35 bits per heavy atom. The fourth-order valence-corrected chi connectivity index (χ4v) is 2.94. The molecule has 9 heteroatoms. The van der Waals surface area contributed by atoms with Gasteiger partial charge < -0.3 is 25.1 Å². The zero-order valence-electron chi connectivity index (χ0n) is 14.8. The van der Waals surface area contributed by atoms with Crippen LogP contribution >= 0.6 is 0 Å². The summed E-state index contributed by atoms with van der Waals surface area (Å²) < 4.78 is 12.3. The molecule has 2 unspecified atom stereocenters. The maximum atomic E-state index is 12.4. The third-order valence-electron chi connectivity index (χ3n) is 4.08. The van der Waals surface area contributed by atoms with Gasteiger partial charge >= 0.3 is 0 Å². The Morgan fingerprint density at radius 2 is 2.08 bits per heavy atom. The minimum Gasteiger partial charge on any atom is -0.467 e. The van der Waals surface area contributed by atoms with Crippen LogP contribution in [0.1, 0.15) is 30.0 Å². The average molecular weight is 361 g/mol. The fourth-order valence-electron chi connectivity index (χ4n) is 2.94. The first-order valence-electron chi connectivity index (χ1n) is 8.49. The zero-order chi connectivity index (χ0) is 18.7. The Kier molecular flexibility index (Phi) is 5.38. The summed E-state index contributed by atoms with van der Waals surface area (Å²) in [6, 6.07) is 1.59. The van der Waals surface area contributed by atoms with Crippen molar-refractivity contribution in [3.8, 4) is 0 Å². The number of carbonyl (C=O) groups is 2. The number of hydrogen-bond acceptors (Lipinski definition) is 6. The van der Waals surface area contributed by atoms with Gasteiger partial charge in [0.1, 0.15) is 18.6 Å². The van der Waals surface area contributed by atoms with Crippen LogP contribution in [-0.4, -0.2) is 51.8 Å². The van der Waals surface area contributed by atoms with Crippen LogP contribution in [0.15, 0.2) is 29.1 Å². The number of carbonyl (C=O) groups excluding carboxylic acids is 2. The second-order valence-electron chi connectivity index (χ2n) is 6.44. The lowest BCUT2D eigenvalue weighted by atomic mass is 10.2. The Hall–Kier alpha value is -2.65. The predicted octanol–water partition coefficient (Wildman–Crippen LogP) is 0.823. The molecule has 0 radical (unpaired) electrons. The predicted molar refractivity (Wildman–Crippen MR) is 93.4 cm³/mol. The van der Waals surface area contributed by atoms with E-state index in [1.54, 1.807) is 17.2 Å². The molecule has 2 amide bonds. The number of amides is 2. The summed E-state index contributed by atoms with van der Waals surface area (Å²) in [5.74, 6) is 0.177. The molecule has 3 N–H and O–H groups in total. The Morgan fingerprint density at radius 3 is 2.73 bits per heavy atom. The third-order valence-corrected chi connectivity index (χ3v) is 4.08. The fraction of sp³-hybridized carbons (Fsp3) is 0.471. The summed E-state index contributed by atoms with van der Waals surface area (Å²) in [7, 11) is 0. The molecule has 140 valence electrons. The summed E-state index contributed by atoms with van der Waals surface area (Å²) in [5, 5.41) is 6.85. The van der Waals surface area contributed by atoms with Crippen molar-refractivity contribution >= 4 is 17.5 Å². The van der Waals surface area contributed by atoms with Crippen molar-refractivity contribution in [3.05, 3.63) is 36.0 Å². The highest BCUT2D eigenvalue weighted by Crippen LogP contribution is 2.13. The third kappa shape index (κ3) is 4.30. The van der Waals surface area contributed by atoms with Gasteiger partial charge in [0.25, 0.3) is 5.91 Å². The SMILES string of the molecule is CC1CN(C(=O)Cn2cc(NC(=O)c3coc(CN)c3)cn2)CC(C)O1. The number of aromatic nitrogens is 2. The topological polar surface area (TPSA) is 116 Å². The van der Waals surface area contributed by atoms with Crippen LogP contribution in [-0.2, 0) is 22.6 Å². The summed E-state index contributed by atoms with van der Waals surface area (Å²) >= 11 is 0. The van der Waals surface area contributed by atoms with E-state index in [1.165, 1.54) is 17.1 Å². The van der Waals surface area contributed by atoms with Gasteiger partial charge in [-0.2, -0.15) is 5.10 Å². The number of nitrogens with zero attached hydrogens (tertiary/aromatic N) is 3. The van der Waals surface area contributed by atoms with Crippen LogP contribution in [0.4, 0.5) is 5.69 Å². The normalized spacial score (nSPS) is 20.2. The van der Waals surface area contributed by atoms with E-state index in [9.17, 15) is 9.59 Å². The van der Waals surface area contributed by atoms with E-state index in [0.29, 0.717) is 30.1 Å². The molecular weight excluding hydrogens is 338 g/mol. The number of rotatable bonds is 5. The highest BCUT2D eigenvalue weighted by molar-refractivity contribution is 6.04. The molecule has 0 aromatic carbocycles. The highest BCUT2D eigenvalue weighted by Gasteiger charge is 2.26. The lowest BCUT2D eigenvalue weighted by Crippen LogP contribution is -2.49. The monoisotopic (exact) mass is 361 g/mol. The smallest absolute Gasteiger partial charge is 0.259 e. The minimum atomic E-state index is -0.324. The Labute approximate surface area is 151 Å². The van der Waals surface area contributed by atoms with E-state index in [1.807, 2.05) is 13.8 Å². The first kappa shape index (κ1) is 18.2. The van der Waals surface area contributed by atoms with Crippen molar-refractivity contribution in [2.24, 2.45) is 5.73 Å². The Bertz CT molecular complexity index is 774. The molecule has 2 aromatic heterocycles. The van der Waals surface area contributed by atoms with Crippen molar-refractivity contribution in [3.63, 3.8) is 0 Å². The van der Waals surface area contributed by atoms with Crippen LogP contribution in [0.2, 0.25) is 0 Å². The van der Waals surface area contributed by atoms with E-state index in [2.05, 4.69) is 10.4 Å². The number of nitrogens with one attached hydrogen (secondary N) is 1. The largest absolute Gasteiger partial charge is 0.467 e. The maximum absolute atomic E-state index is 12.4. The van der Waals surface area contributed by atoms with Crippen molar-refractivity contribution < 1.29 is 18.7 Å². The molecule has 0 aliphatic carbocycles. The van der Waals surface area contributed by atoms with Crippen LogP contribution in [0, 0.1) is 0 Å². The van der Waals surface area contributed by atoms with Gasteiger partial charge in [-0.05, 0) is 19.9 Å². The molecule has 1 aliphatic heterocycles. The van der Waals surface area contributed by atoms with E-state index < -0.39 is 0 Å². The van der Waals surface area contributed by atoms with E-state index in [0.717, 1.165) is 0 Å². The summed E-state index contributed by atoms with van der Waals surface area (Å²) in [5.41, 5.74) is 6.34. The lowest BCUT2D eigenvalue weighted by Gasteiger charge is -2.35. The number of ether oxygens (including phenoxy) is 1. The molecular formula is C17H23N5O4. The minimum absolute atomic E-state index is 0.0172. The zero-order valence-corrected chi connectivity index (χ0v) is 14.8. The van der Waals surface area contributed by atoms with E-state index >= 15 is 0 Å². The van der Waals surface area contributed by atoms with Gasteiger partial charge in [-0.1, -0.05) is 0 Å². The quantitative estimate of drug-likeness (QED) is 0.815. The molecule has 2 atom stereocenters.